The van der Waals surface area contributed by atoms with Crippen molar-refractivity contribution in [2.24, 2.45) is 0 Å². The number of allylic oxidation sites excluding steroid dienone is 7. The molecule has 0 aliphatic heterocycles. The zero-order chi connectivity index (χ0) is 12.6. The number of ether oxygens (including phenoxy) is 1. The molecule has 0 aromatic heterocycles. The van der Waals surface area contributed by atoms with Gasteiger partial charge in [0.05, 0.1) is 5.57 Å². The van der Waals surface area contributed by atoms with Crippen LogP contribution in [0.5, 0.6) is 0 Å². The van der Waals surface area contributed by atoms with Crippen LogP contribution in [0, 0.1) is 12.3 Å². The molecular formula is C17H14O. The summed E-state index contributed by atoms with van der Waals surface area (Å²) in [5.74, 6) is 3.36. The van der Waals surface area contributed by atoms with Crippen molar-refractivity contribution in [3.8, 4) is 12.3 Å². The van der Waals surface area contributed by atoms with E-state index in [4.69, 9.17) is 11.2 Å². The Bertz CT molecular complexity index is 551. The van der Waals surface area contributed by atoms with Crippen molar-refractivity contribution in [2.75, 3.05) is 0 Å². The average Bonchev–Trinajstić information content (AvgIpc) is 2.39. The van der Waals surface area contributed by atoms with E-state index in [-0.39, 0.29) is 0 Å². The van der Waals surface area contributed by atoms with Gasteiger partial charge in [-0.2, -0.15) is 0 Å². The van der Waals surface area contributed by atoms with Crippen LogP contribution in [-0.2, 0) is 11.3 Å². The van der Waals surface area contributed by atoms with E-state index in [0.29, 0.717) is 6.61 Å². The summed E-state index contributed by atoms with van der Waals surface area (Å²) in [4.78, 5) is 0. The molecule has 18 heavy (non-hydrogen) atoms. The summed E-state index contributed by atoms with van der Waals surface area (Å²) in [6.07, 6.45) is 16.9. The minimum absolute atomic E-state index is 0.517. The van der Waals surface area contributed by atoms with Gasteiger partial charge in [-0.3, -0.25) is 0 Å². The monoisotopic (exact) mass is 234 g/mol. The predicted molar refractivity (Wildman–Crippen MR) is 74.5 cm³/mol. The Balaban J connectivity index is 2.10. The molecule has 2 rings (SSSR count). The maximum Gasteiger partial charge on any atom is 0.135 e. The summed E-state index contributed by atoms with van der Waals surface area (Å²) in [6, 6.07) is 10.0. The summed E-state index contributed by atoms with van der Waals surface area (Å²) < 4.78 is 5.77. The van der Waals surface area contributed by atoms with Crippen LogP contribution in [0.15, 0.2) is 78.1 Å². The molecule has 0 saturated heterocycles. The Kier molecular flexibility index (Phi) is 4.22. The third-order valence-corrected chi connectivity index (χ3v) is 2.50. The molecule has 0 heterocycles. The second kappa shape index (κ2) is 6.32. The van der Waals surface area contributed by atoms with E-state index in [9.17, 15) is 0 Å². The Morgan fingerprint density at radius 2 is 1.67 bits per heavy atom. The molecule has 1 aromatic carbocycles. The summed E-state index contributed by atoms with van der Waals surface area (Å²) in [7, 11) is 0. The van der Waals surface area contributed by atoms with Gasteiger partial charge < -0.3 is 4.74 Å². The van der Waals surface area contributed by atoms with E-state index in [1.54, 1.807) is 0 Å². The van der Waals surface area contributed by atoms with Crippen LogP contribution in [0.25, 0.3) is 0 Å². The number of hydrogen-bond donors (Lipinski definition) is 0. The van der Waals surface area contributed by atoms with Crippen LogP contribution in [0.3, 0.4) is 0 Å². The van der Waals surface area contributed by atoms with E-state index < -0.39 is 0 Å². The molecule has 0 fully saturated rings. The zero-order valence-electron chi connectivity index (χ0n) is 10.0. The van der Waals surface area contributed by atoms with Gasteiger partial charge in [-0.15, -0.1) is 6.42 Å². The molecule has 0 atom stereocenters. The fourth-order valence-electron chi connectivity index (χ4n) is 1.58. The molecule has 1 nitrogen and oxygen atoms in total. The first-order valence-electron chi connectivity index (χ1n) is 5.79. The summed E-state index contributed by atoms with van der Waals surface area (Å²) in [5, 5.41) is 0. The Labute approximate surface area is 108 Å². The molecule has 0 N–H and O–H groups in total. The second-order valence-electron chi connectivity index (χ2n) is 3.80. The van der Waals surface area contributed by atoms with Crippen LogP contribution in [-0.4, -0.2) is 0 Å². The number of benzene rings is 1. The predicted octanol–water partition coefficient (Wildman–Crippen LogP) is 3.77. The molecule has 1 aromatic rings. The van der Waals surface area contributed by atoms with Crippen molar-refractivity contribution in [3.05, 3.63) is 83.7 Å². The van der Waals surface area contributed by atoms with Gasteiger partial charge in [-0.25, -0.2) is 0 Å². The SMILES string of the molecule is C#CC1=C/C=C\C=C/C=C\1OCc1ccccc1. The molecule has 1 aliphatic rings. The average molecular weight is 234 g/mol. The van der Waals surface area contributed by atoms with E-state index in [1.807, 2.05) is 66.8 Å². The highest BCUT2D eigenvalue weighted by molar-refractivity contribution is 5.46. The first kappa shape index (κ1) is 12.0. The van der Waals surface area contributed by atoms with Gasteiger partial charge in [0, 0.05) is 0 Å². The number of rotatable bonds is 3. The maximum absolute atomic E-state index is 5.77. The van der Waals surface area contributed by atoms with Gasteiger partial charge >= 0.3 is 0 Å². The molecule has 0 radical (unpaired) electrons. The smallest absolute Gasteiger partial charge is 0.135 e. The Morgan fingerprint density at radius 1 is 0.944 bits per heavy atom. The van der Waals surface area contributed by atoms with Crippen molar-refractivity contribution in [1.29, 1.82) is 0 Å². The van der Waals surface area contributed by atoms with Crippen molar-refractivity contribution in [1.82, 2.24) is 0 Å². The second-order valence-corrected chi connectivity index (χ2v) is 3.80. The molecule has 0 bridgehead atoms. The fraction of sp³-hybridized carbons (Fsp3) is 0.0588. The van der Waals surface area contributed by atoms with Crippen LogP contribution < -0.4 is 0 Å². The van der Waals surface area contributed by atoms with Crippen LogP contribution in [0.2, 0.25) is 0 Å². The lowest BCUT2D eigenvalue weighted by Crippen LogP contribution is -1.96. The summed E-state index contributed by atoms with van der Waals surface area (Å²) in [5.41, 5.74) is 1.88. The lowest BCUT2D eigenvalue weighted by Gasteiger charge is -2.10. The van der Waals surface area contributed by atoms with E-state index >= 15 is 0 Å². The van der Waals surface area contributed by atoms with Gasteiger partial charge in [0.15, 0.2) is 0 Å². The molecular weight excluding hydrogens is 220 g/mol. The molecule has 0 spiro atoms. The minimum atomic E-state index is 0.517. The highest BCUT2D eigenvalue weighted by atomic mass is 16.5. The maximum atomic E-state index is 5.77. The van der Waals surface area contributed by atoms with Crippen LogP contribution in [0.1, 0.15) is 5.56 Å². The first-order chi connectivity index (χ1) is 8.90. The van der Waals surface area contributed by atoms with E-state index in [1.165, 1.54) is 0 Å². The first-order valence-corrected chi connectivity index (χ1v) is 5.79. The lowest BCUT2D eigenvalue weighted by atomic mass is 10.1. The Morgan fingerprint density at radius 3 is 2.39 bits per heavy atom. The largest absolute Gasteiger partial charge is 0.488 e. The highest BCUT2D eigenvalue weighted by Gasteiger charge is 2.03. The van der Waals surface area contributed by atoms with Crippen molar-refractivity contribution < 1.29 is 4.74 Å². The fourth-order valence-corrected chi connectivity index (χ4v) is 1.58. The van der Waals surface area contributed by atoms with Crippen molar-refractivity contribution in [2.45, 2.75) is 6.61 Å². The summed E-state index contributed by atoms with van der Waals surface area (Å²) >= 11 is 0. The molecule has 1 aliphatic carbocycles. The van der Waals surface area contributed by atoms with Gasteiger partial charge in [0.25, 0.3) is 0 Å². The minimum Gasteiger partial charge on any atom is -0.488 e. The molecule has 0 unspecified atom stereocenters. The van der Waals surface area contributed by atoms with Gasteiger partial charge in [0.2, 0.25) is 0 Å². The highest BCUT2D eigenvalue weighted by Crippen LogP contribution is 2.15. The number of hydrogen-bond acceptors (Lipinski definition) is 1. The lowest BCUT2D eigenvalue weighted by molar-refractivity contribution is 0.208. The van der Waals surface area contributed by atoms with Gasteiger partial charge in [0.1, 0.15) is 12.4 Å². The summed E-state index contributed by atoms with van der Waals surface area (Å²) in [6.45, 7) is 0.517. The van der Waals surface area contributed by atoms with E-state index in [2.05, 4.69) is 5.92 Å². The van der Waals surface area contributed by atoms with Crippen molar-refractivity contribution in [3.63, 3.8) is 0 Å². The molecule has 88 valence electrons. The van der Waals surface area contributed by atoms with Crippen LogP contribution in [0.4, 0.5) is 0 Å². The zero-order valence-corrected chi connectivity index (χ0v) is 10.0. The third kappa shape index (κ3) is 3.26. The standard InChI is InChI=1S/C17H14O/c1-2-16-12-8-3-4-9-13-17(16)18-14-15-10-6-5-7-11-15/h1,3-13H,14H2/b4-3?,8-3-,9-4-,12-8?,13-9?,16-12-,17-13+,17-16?. The molecule has 0 saturated carbocycles. The third-order valence-electron chi connectivity index (χ3n) is 2.50. The van der Waals surface area contributed by atoms with Gasteiger partial charge in [-0.1, -0.05) is 60.6 Å². The molecule has 0 amide bonds. The van der Waals surface area contributed by atoms with E-state index in [0.717, 1.165) is 16.9 Å². The Hall–Kier alpha value is -2.46. The quantitative estimate of drug-likeness (QED) is 0.723. The normalized spacial score (nSPS) is 23.3. The van der Waals surface area contributed by atoms with Crippen LogP contribution >= 0.6 is 0 Å². The van der Waals surface area contributed by atoms with Crippen molar-refractivity contribution >= 4 is 0 Å². The topological polar surface area (TPSA) is 9.23 Å². The number of terminal acetylenes is 1. The van der Waals surface area contributed by atoms with Gasteiger partial charge in [-0.05, 0) is 17.7 Å². The molecule has 1 heteroatoms.